The molecule has 2 atom stereocenters. The minimum atomic E-state index is -0.858. The van der Waals surface area contributed by atoms with Gasteiger partial charge in [0.25, 0.3) is 0 Å². The van der Waals surface area contributed by atoms with Gasteiger partial charge in [-0.05, 0) is 19.3 Å². The third-order valence-electron chi connectivity index (χ3n) is 3.68. The first-order chi connectivity index (χ1) is 9.17. The van der Waals surface area contributed by atoms with Crippen LogP contribution < -0.4 is 4.90 Å². The highest BCUT2D eigenvalue weighted by molar-refractivity contribution is 7.17. The highest BCUT2D eigenvalue weighted by atomic mass is 32.1. The van der Waals surface area contributed by atoms with Gasteiger partial charge in [0.15, 0.2) is 5.13 Å². The molecule has 1 N–H and O–H groups in total. The summed E-state index contributed by atoms with van der Waals surface area (Å²) in [6.07, 6.45) is 4.46. The standard InChI is InChI=1S/C13H18N2O3S/c1-2-3-10-11(12(16)17)19-13(14-10)15-6-8-4-5-9(7-15)18-8/h8-9H,2-7H2,1H3,(H,16,17). The molecule has 2 aliphatic heterocycles. The summed E-state index contributed by atoms with van der Waals surface area (Å²) in [4.78, 5) is 18.4. The maximum atomic E-state index is 11.3. The van der Waals surface area contributed by atoms with Crippen LogP contribution in [0.1, 0.15) is 41.6 Å². The van der Waals surface area contributed by atoms with Crippen LogP contribution in [-0.4, -0.2) is 41.4 Å². The summed E-state index contributed by atoms with van der Waals surface area (Å²) in [7, 11) is 0. The molecule has 1 aromatic rings. The molecule has 0 spiro atoms. The van der Waals surface area contributed by atoms with E-state index < -0.39 is 5.97 Å². The Kier molecular flexibility index (Phi) is 3.45. The Morgan fingerprint density at radius 2 is 2.16 bits per heavy atom. The minimum absolute atomic E-state index is 0.297. The second kappa shape index (κ2) is 5.09. The topological polar surface area (TPSA) is 62.7 Å². The summed E-state index contributed by atoms with van der Waals surface area (Å²) in [5.74, 6) is -0.858. The number of ether oxygens (including phenoxy) is 1. The molecule has 2 unspecified atom stereocenters. The van der Waals surface area contributed by atoms with E-state index in [1.807, 2.05) is 6.92 Å². The number of nitrogens with zero attached hydrogens (tertiary/aromatic N) is 2. The van der Waals surface area contributed by atoms with Crippen molar-refractivity contribution >= 4 is 22.4 Å². The first-order valence-corrected chi connectivity index (χ1v) is 7.62. The van der Waals surface area contributed by atoms with E-state index in [0.29, 0.717) is 17.1 Å². The summed E-state index contributed by atoms with van der Waals surface area (Å²) in [5, 5.41) is 10.1. The minimum Gasteiger partial charge on any atom is -0.477 e. The van der Waals surface area contributed by atoms with Crippen LogP contribution >= 0.6 is 11.3 Å². The predicted molar refractivity (Wildman–Crippen MR) is 73.2 cm³/mol. The lowest BCUT2D eigenvalue weighted by molar-refractivity contribution is 0.0304. The van der Waals surface area contributed by atoms with Crippen molar-refractivity contribution in [2.24, 2.45) is 0 Å². The van der Waals surface area contributed by atoms with Crippen molar-refractivity contribution in [2.45, 2.75) is 44.8 Å². The molecule has 1 aromatic heterocycles. The molecule has 0 radical (unpaired) electrons. The zero-order valence-corrected chi connectivity index (χ0v) is 11.8. The average Bonchev–Trinajstić information content (AvgIpc) is 2.94. The lowest BCUT2D eigenvalue weighted by Gasteiger charge is -2.31. The van der Waals surface area contributed by atoms with Crippen LogP contribution in [0.2, 0.25) is 0 Å². The van der Waals surface area contributed by atoms with Crippen molar-refractivity contribution in [1.82, 2.24) is 4.98 Å². The van der Waals surface area contributed by atoms with Crippen LogP contribution in [0, 0.1) is 0 Å². The quantitative estimate of drug-likeness (QED) is 0.917. The van der Waals surface area contributed by atoms with Gasteiger partial charge in [-0.15, -0.1) is 0 Å². The Labute approximate surface area is 116 Å². The first kappa shape index (κ1) is 12.9. The van der Waals surface area contributed by atoms with Gasteiger partial charge in [-0.25, -0.2) is 9.78 Å². The number of morpholine rings is 1. The van der Waals surface area contributed by atoms with E-state index in [1.54, 1.807) is 0 Å². The number of thiazole rings is 1. The second-order valence-electron chi connectivity index (χ2n) is 5.19. The van der Waals surface area contributed by atoms with Crippen LogP contribution in [0.3, 0.4) is 0 Å². The number of anilines is 1. The molecule has 0 aliphatic carbocycles. The third kappa shape index (κ3) is 2.47. The summed E-state index contributed by atoms with van der Waals surface area (Å²) < 4.78 is 5.80. The van der Waals surface area contributed by atoms with Gasteiger partial charge in [-0.2, -0.15) is 0 Å². The van der Waals surface area contributed by atoms with Crippen LogP contribution in [0.4, 0.5) is 5.13 Å². The van der Waals surface area contributed by atoms with Crippen LogP contribution in [0.15, 0.2) is 0 Å². The molecule has 2 aliphatic rings. The van der Waals surface area contributed by atoms with E-state index in [4.69, 9.17) is 4.74 Å². The molecule has 104 valence electrons. The van der Waals surface area contributed by atoms with E-state index in [9.17, 15) is 9.90 Å². The van der Waals surface area contributed by atoms with Gasteiger partial charge in [0.1, 0.15) is 4.88 Å². The second-order valence-corrected chi connectivity index (χ2v) is 6.17. The molecule has 6 heteroatoms. The molecule has 2 fully saturated rings. The Morgan fingerprint density at radius 3 is 2.74 bits per heavy atom. The molecular weight excluding hydrogens is 264 g/mol. The third-order valence-corrected chi connectivity index (χ3v) is 4.83. The van der Waals surface area contributed by atoms with E-state index in [1.165, 1.54) is 11.3 Å². The maximum absolute atomic E-state index is 11.3. The normalized spacial score (nSPS) is 25.8. The smallest absolute Gasteiger partial charge is 0.347 e. The number of aromatic nitrogens is 1. The van der Waals surface area contributed by atoms with Crippen molar-refractivity contribution in [3.63, 3.8) is 0 Å². The number of fused-ring (bicyclic) bond motifs is 2. The number of hydrogen-bond donors (Lipinski definition) is 1. The summed E-state index contributed by atoms with van der Waals surface area (Å²) >= 11 is 1.31. The van der Waals surface area contributed by atoms with E-state index in [2.05, 4.69) is 9.88 Å². The molecule has 5 nitrogen and oxygen atoms in total. The monoisotopic (exact) mass is 282 g/mol. The SMILES string of the molecule is CCCc1nc(N2CC3CCC(C2)O3)sc1C(=O)O. The molecule has 3 rings (SSSR count). The molecule has 19 heavy (non-hydrogen) atoms. The van der Waals surface area contributed by atoms with Gasteiger partial charge in [0.2, 0.25) is 0 Å². The van der Waals surface area contributed by atoms with E-state index >= 15 is 0 Å². The molecule has 0 saturated carbocycles. The summed E-state index contributed by atoms with van der Waals surface area (Å²) in [5.41, 5.74) is 0.730. The number of hydrogen-bond acceptors (Lipinski definition) is 5. The average molecular weight is 282 g/mol. The number of aromatic carboxylic acids is 1. The van der Waals surface area contributed by atoms with Gasteiger partial charge >= 0.3 is 5.97 Å². The van der Waals surface area contributed by atoms with Gasteiger partial charge in [-0.3, -0.25) is 0 Å². The zero-order valence-electron chi connectivity index (χ0n) is 11.0. The van der Waals surface area contributed by atoms with Crippen molar-refractivity contribution < 1.29 is 14.6 Å². The molecule has 2 bridgehead atoms. The van der Waals surface area contributed by atoms with Crippen molar-refractivity contribution in [3.8, 4) is 0 Å². The molecule has 0 amide bonds. The van der Waals surface area contributed by atoms with Crippen LogP contribution in [0.5, 0.6) is 0 Å². The fourth-order valence-electron chi connectivity index (χ4n) is 2.82. The van der Waals surface area contributed by atoms with E-state index in [0.717, 1.165) is 49.6 Å². The first-order valence-electron chi connectivity index (χ1n) is 6.80. The van der Waals surface area contributed by atoms with Gasteiger partial charge in [0, 0.05) is 13.1 Å². The van der Waals surface area contributed by atoms with Gasteiger partial charge in [0.05, 0.1) is 17.9 Å². The number of rotatable bonds is 4. The Hall–Kier alpha value is -1.14. The molecule has 0 aromatic carbocycles. The van der Waals surface area contributed by atoms with E-state index in [-0.39, 0.29) is 0 Å². The van der Waals surface area contributed by atoms with Gasteiger partial charge in [-0.1, -0.05) is 24.7 Å². The predicted octanol–water partition coefficient (Wildman–Crippen LogP) is 2.16. The Balaban J connectivity index is 1.84. The molecular formula is C13H18N2O3S. The lowest BCUT2D eigenvalue weighted by atomic mass is 10.2. The lowest BCUT2D eigenvalue weighted by Crippen LogP contribution is -2.42. The van der Waals surface area contributed by atoms with Crippen molar-refractivity contribution in [1.29, 1.82) is 0 Å². The summed E-state index contributed by atoms with van der Waals surface area (Å²) in [6.45, 7) is 3.73. The Morgan fingerprint density at radius 1 is 1.47 bits per heavy atom. The molecule has 3 heterocycles. The highest BCUT2D eigenvalue weighted by Crippen LogP contribution is 2.33. The number of carboxylic acids is 1. The number of carbonyl (C=O) groups is 1. The van der Waals surface area contributed by atoms with Crippen molar-refractivity contribution in [3.05, 3.63) is 10.6 Å². The fourth-order valence-corrected chi connectivity index (χ4v) is 3.79. The van der Waals surface area contributed by atoms with Crippen LogP contribution in [0.25, 0.3) is 0 Å². The maximum Gasteiger partial charge on any atom is 0.347 e. The van der Waals surface area contributed by atoms with Gasteiger partial charge < -0.3 is 14.7 Å². The molecule has 2 saturated heterocycles. The summed E-state index contributed by atoms with van der Waals surface area (Å²) in [6, 6.07) is 0. The Bertz CT molecular complexity index is 476. The van der Waals surface area contributed by atoms with Crippen molar-refractivity contribution in [2.75, 3.05) is 18.0 Å². The largest absolute Gasteiger partial charge is 0.477 e. The number of carboxylic acid groups (broad SMARTS) is 1. The zero-order chi connectivity index (χ0) is 13.4. The fraction of sp³-hybridized carbons (Fsp3) is 0.692. The van der Waals surface area contributed by atoms with Crippen LogP contribution in [-0.2, 0) is 11.2 Å². The highest BCUT2D eigenvalue weighted by Gasteiger charge is 2.35. The number of aryl methyl sites for hydroxylation is 1.